The predicted molar refractivity (Wildman–Crippen MR) is 252 cm³/mol. The molecule has 1 aromatic carbocycles. The van der Waals surface area contributed by atoms with E-state index in [-0.39, 0.29) is 56.2 Å². The van der Waals surface area contributed by atoms with Gasteiger partial charge in [0.25, 0.3) is 0 Å². The quantitative estimate of drug-likeness (QED) is 0.0318. The highest BCUT2D eigenvalue weighted by molar-refractivity contribution is 8.76. The largest absolute Gasteiger partial charge is 0.391 e. The Morgan fingerprint density at radius 2 is 1.43 bits per heavy atom. The predicted octanol–water partition coefficient (Wildman–Crippen LogP) is -5.58. The van der Waals surface area contributed by atoms with Crippen LogP contribution in [0.4, 0.5) is 0 Å². The number of carbonyl (C=O) groups excluding carboxylic acids is 10. The Kier molecular flexibility index (Phi) is 22.8. The minimum atomic E-state index is -1.71. The molecule has 0 bridgehead atoms. The topological polar surface area (TPSA) is 421 Å². The molecular weight excluding hydrogens is 929 g/mol. The van der Waals surface area contributed by atoms with E-state index in [4.69, 9.17) is 28.7 Å². The van der Waals surface area contributed by atoms with E-state index in [0.29, 0.717) is 12.0 Å². The molecule has 2 aliphatic rings. The van der Waals surface area contributed by atoms with Crippen LogP contribution in [0.1, 0.15) is 58.4 Å². The zero-order chi connectivity index (χ0) is 50.7. The first-order valence-electron chi connectivity index (χ1n) is 21.8. The molecular formula is C41H64N14O11S2. The fourth-order valence-corrected chi connectivity index (χ4v) is 9.32. The minimum absolute atomic E-state index is 0.0111. The second-order valence-electron chi connectivity index (χ2n) is 16.6. The Labute approximate surface area is 400 Å². The monoisotopic (exact) mass is 992 g/mol. The third-order valence-electron chi connectivity index (χ3n) is 10.6. The Bertz CT molecular complexity index is 2010. The van der Waals surface area contributed by atoms with Gasteiger partial charge in [-0.15, -0.1) is 0 Å². The number of hydrogen-bond acceptors (Lipinski definition) is 15. The van der Waals surface area contributed by atoms with E-state index in [1.165, 1.54) is 6.92 Å². The van der Waals surface area contributed by atoms with Crippen LogP contribution in [0.2, 0.25) is 0 Å². The SMILES string of the molecule is CC(C)C1NC(=O)[C@H](Cc2ccccc2)NC(=O)[C@@H](N)CSSC[C@@H](C(=O)N2CCC[C@H]2C(=O)N[C@H](C(=O)NCC(N)=O)[C@@H](C)O)NC(=O)[C@H](CC(N)=O)NC(=O)C(CCCN=C(N)N)NC1=O. The van der Waals surface area contributed by atoms with Crippen LogP contribution in [0.3, 0.4) is 0 Å². The van der Waals surface area contributed by atoms with Gasteiger partial charge in [0, 0.05) is 31.0 Å². The number of aliphatic imine (C=N–C) groups is 1. The van der Waals surface area contributed by atoms with Gasteiger partial charge in [-0.25, -0.2) is 0 Å². The lowest BCUT2D eigenvalue weighted by molar-refractivity contribution is -0.142. The molecule has 3 rings (SSSR count). The number of nitrogens with zero attached hydrogens (tertiary/aromatic N) is 2. The summed E-state index contributed by atoms with van der Waals surface area (Å²) in [5, 5.41) is 28.0. The summed E-state index contributed by atoms with van der Waals surface area (Å²) in [6, 6.07) is -2.27. The van der Waals surface area contributed by atoms with Crippen LogP contribution in [0, 0.1) is 5.92 Å². The van der Waals surface area contributed by atoms with Gasteiger partial charge >= 0.3 is 0 Å². The molecule has 0 aromatic heterocycles. The molecule has 9 atom stereocenters. The van der Waals surface area contributed by atoms with Crippen molar-refractivity contribution in [3.63, 3.8) is 0 Å². The molecule has 0 saturated carbocycles. The number of likely N-dealkylation sites (tertiary alicyclic amines) is 1. The highest BCUT2D eigenvalue weighted by Gasteiger charge is 2.41. The normalized spacial score (nSPS) is 24.4. The van der Waals surface area contributed by atoms with Crippen LogP contribution in [-0.2, 0) is 54.4 Å². The number of guanidine groups is 1. The van der Waals surface area contributed by atoms with E-state index in [1.54, 1.807) is 44.2 Å². The van der Waals surface area contributed by atoms with Gasteiger partial charge in [0.05, 0.1) is 25.1 Å². The zero-order valence-corrected chi connectivity index (χ0v) is 39.7. The molecule has 0 spiro atoms. The van der Waals surface area contributed by atoms with E-state index >= 15 is 0 Å². The lowest BCUT2D eigenvalue weighted by atomic mass is 10.00. The van der Waals surface area contributed by atoms with E-state index in [1.807, 2.05) is 0 Å². The summed E-state index contributed by atoms with van der Waals surface area (Å²) in [4.78, 5) is 139. The van der Waals surface area contributed by atoms with E-state index < -0.39 is 132 Å². The average Bonchev–Trinajstić information content (AvgIpc) is 3.77. The van der Waals surface area contributed by atoms with Crippen LogP contribution in [0.15, 0.2) is 35.3 Å². The highest BCUT2D eigenvalue weighted by Crippen LogP contribution is 2.26. The summed E-state index contributed by atoms with van der Waals surface area (Å²) in [5.41, 5.74) is 28.6. The van der Waals surface area contributed by atoms with Crippen molar-refractivity contribution in [3.05, 3.63) is 35.9 Å². The average molecular weight is 993 g/mol. The van der Waals surface area contributed by atoms with Crippen molar-refractivity contribution < 1.29 is 53.1 Å². The van der Waals surface area contributed by atoms with Crippen molar-refractivity contribution in [2.75, 3.05) is 31.1 Å². The van der Waals surface area contributed by atoms with Crippen molar-refractivity contribution in [1.29, 1.82) is 0 Å². The number of carbonyl (C=O) groups is 10. The second-order valence-corrected chi connectivity index (χ2v) is 19.1. The molecule has 2 fully saturated rings. The number of benzene rings is 1. The number of amides is 10. The minimum Gasteiger partial charge on any atom is -0.391 e. The molecule has 2 saturated heterocycles. The molecule has 1 aromatic rings. The Hall–Kier alpha value is -6.19. The number of hydrogen-bond donors (Lipinski definition) is 13. The van der Waals surface area contributed by atoms with Crippen molar-refractivity contribution in [2.45, 2.75) is 114 Å². The van der Waals surface area contributed by atoms with Crippen LogP contribution in [0.5, 0.6) is 0 Å². The molecule has 0 aliphatic carbocycles. The first kappa shape index (κ1) is 56.1. The number of nitrogens with two attached hydrogens (primary N) is 5. The maximum atomic E-state index is 14.4. The third kappa shape index (κ3) is 18.1. The number of aliphatic hydroxyl groups is 1. The fraction of sp³-hybridized carbons (Fsp3) is 0.585. The molecule has 2 aliphatic heterocycles. The van der Waals surface area contributed by atoms with Gasteiger partial charge < -0.3 is 75.9 Å². The smallest absolute Gasteiger partial charge is 0.246 e. The summed E-state index contributed by atoms with van der Waals surface area (Å²) in [7, 11) is 2.06. The Morgan fingerprint density at radius 1 is 0.809 bits per heavy atom. The first-order valence-corrected chi connectivity index (χ1v) is 24.3. The molecule has 27 heteroatoms. The Balaban J connectivity index is 2.04. The van der Waals surface area contributed by atoms with Gasteiger partial charge in [-0.05, 0) is 44.1 Å². The van der Waals surface area contributed by atoms with Gasteiger partial charge in [0.2, 0.25) is 59.1 Å². The molecule has 25 nitrogen and oxygen atoms in total. The van der Waals surface area contributed by atoms with Gasteiger partial charge in [0.1, 0.15) is 42.3 Å². The van der Waals surface area contributed by atoms with E-state index in [9.17, 15) is 53.1 Å². The fourth-order valence-electron chi connectivity index (χ4n) is 7.05. The molecule has 2 unspecified atom stereocenters. The van der Waals surface area contributed by atoms with Crippen molar-refractivity contribution >= 4 is 86.6 Å². The Morgan fingerprint density at radius 3 is 2.04 bits per heavy atom. The maximum Gasteiger partial charge on any atom is 0.246 e. The van der Waals surface area contributed by atoms with Crippen LogP contribution in [0.25, 0.3) is 0 Å². The number of aliphatic hydroxyl groups excluding tert-OH is 1. The summed E-state index contributed by atoms with van der Waals surface area (Å²) in [6.07, 6.45) is -1.77. The van der Waals surface area contributed by atoms with Crippen molar-refractivity contribution in [1.82, 2.24) is 42.1 Å². The van der Waals surface area contributed by atoms with Crippen molar-refractivity contribution in [2.24, 2.45) is 39.6 Å². The summed E-state index contributed by atoms with van der Waals surface area (Å²) < 4.78 is 0. The standard InChI is InChI=1S/C41H64N14O11S2/c1-20(2)31-39(65)49-24(11-7-13-47-41(45)46)34(60)51-26(16-29(43)57)35(61)52-27(19-68-67-18-23(42)33(59)50-25(36(62)53-31)15-22-9-5-4-6-10-22)40(66)55-14-8-12-28(55)37(63)54-32(21(3)56)38(64)48-17-30(44)58/h4-6,9-10,20-21,23-28,31-32,56H,7-8,11-19,42H2,1-3H3,(H2,43,57)(H2,44,58)(H,48,64)(H,49,65)(H,50,59)(H,51,60)(H,52,61)(H,53,62)(H,54,63)(H4,45,46,47)/t21-,23+,24?,25+,26+,27+,28+,31?,32+/m1/s1. The summed E-state index contributed by atoms with van der Waals surface area (Å²) in [6.45, 7) is 3.98. The number of rotatable bonds is 16. The maximum absolute atomic E-state index is 14.4. The van der Waals surface area contributed by atoms with Crippen LogP contribution < -0.4 is 65.9 Å². The van der Waals surface area contributed by atoms with Gasteiger partial charge in [-0.2, -0.15) is 0 Å². The lowest BCUT2D eigenvalue weighted by Crippen LogP contribution is -2.61. The lowest BCUT2D eigenvalue weighted by Gasteiger charge is -2.31. The summed E-state index contributed by atoms with van der Waals surface area (Å²) in [5.74, 6) is -9.78. The molecule has 18 N–H and O–H groups in total. The first-order chi connectivity index (χ1) is 32.1. The third-order valence-corrected chi connectivity index (χ3v) is 13.1. The van der Waals surface area contributed by atoms with Crippen LogP contribution >= 0.6 is 21.6 Å². The molecule has 376 valence electrons. The molecule has 10 amide bonds. The van der Waals surface area contributed by atoms with E-state index in [0.717, 1.165) is 26.5 Å². The number of primary amides is 2. The highest BCUT2D eigenvalue weighted by atomic mass is 33.1. The van der Waals surface area contributed by atoms with Gasteiger partial charge in [-0.1, -0.05) is 65.8 Å². The number of nitrogens with one attached hydrogen (secondary N) is 7. The molecule has 2 heterocycles. The second kappa shape index (κ2) is 27.6. The van der Waals surface area contributed by atoms with Crippen molar-refractivity contribution in [3.8, 4) is 0 Å². The van der Waals surface area contributed by atoms with Gasteiger partial charge in [0.15, 0.2) is 5.96 Å². The molecule has 68 heavy (non-hydrogen) atoms. The zero-order valence-electron chi connectivity index (χ0n) is 38.1. The van der Waals surface area contributed by atoms with Gasteiger partial charge in [-0.3, -0.25) is 52.9 Å². The summed E-state index contributed by atoms with van der Waals surface area (Å²) >= 11 is 0. The van der Waals surface area contributed by atoms with E-state index in [2.05, 4.69) is 42.2 Å². The van der Waals surface area contributed by atoms with Crippen LogP contribution in [-0.4, -0.2) is 161 Å². The molecule has 0 radical (unpaired) electrons.